The van der Waals surface area contributed by atoms with E-state index in [1.807, 2.05) is 13.8 Å². The van der Waals surface area contributed by atoms with Crippen molar-refractivity contribution in [2.75, 3.05) is 13.1 Å². The van der Waals surface area contributed by atoms with Crippen LogP contribution in [0.25, 0.3) is 0 Å². The molecule has 1 aliphatic heterocycles. The van der Waals surface area contributed by atoms with Gasteiger partial charge in [0.1, 0.15) is 0 Å². The molecule has 112 valence electrons. The number of aromatic carboxylic acids is 1. The Morgan fingerprint density at radius 3 is 2.70 bits per heavy atom. The molecule has 4 heteroatoms. The van der Waals surface area contributed by atoms with Gasteiger partial charge in [-0.2, -0.15) is 0 Å². The van der Waals surface area contributed by atoms with Crippen molar-refractivity contribution in [1.29, 1.82) is 0 Å². The van der Waals surface area contributed by atoms with Gasteiger partial charge in [0.25, 0.3) is 0 Å². The predicted octanol–water partition coefficient (Wildman–Crippen LogP) is 3.07. The summed E-state index contributed by atoms with van der Waals surface area (Å²) in [5.74, 6) is -0.825. The normalized spacial score (nSPS) is 20.2. The molecule has 1 atom stereocenters. The standard InChI is InChI=1S/C16H26N2O2/c1-12-7-4-5-8-17(12)9-6-10-18-13(2)11-15(14(18)3)16(19)20/h11-12H,4-10H2,1-3H3,(H,19,20). The molecule has 0 amide bonds. The fraction of sp³-hybridized carbons (Fsp3) is 0.688. The number of aryl methyl sites for hydroxylation is 1. The van der Waals surface area contributed by atoms with E-state index in [1.54, 1.807) is 6.07 Å². The maximum absolute atomic E-state index is 11.1. The highest BCUT2D eigenvalue weighted by molar-refractivity contribution is 5.89. The minimum Gasteiger partial charge on any atom is -0.478 e. The highest BCUT2D eigenvalue weighted by Crippen LogP contribution is 2.18. The second kappa shape index (κ2) is 6.44. The molecule has 0 spiro atoms. The van der Waals surface area contributed by atoms with E-state index in [4.69, 9.17) is 5.11 Å². The smallest absolute Gasteiger partial charge is 0.337 e. The zero-order chi connectivity index (χ0) is 14.7. The highest BCUT2D eigenvalue weighted by Gasteiger charge is 2.18. The highest BCUT2D eigenvalue weighted by atomic mass is 16.4. The number of piperidine rings is 1. The van der Waals surface area contributed by atoms with Crippen molar-refractivity contribution < 1.29 is 9.90 Å². The summed E-state index contributed by atoms with van der Waals surface area (Å²) in [6, 6.07) is 2.48. The number of carboxylic acid groups (broad SMARTS) is 1. The van der Waals surface area contributed by atoms with Crippen LogP contribution in [0.15, 0.2) is 6.07 Å². The topological polar surface area (TPSA) is 45.5 Å². The summed E-state index contributed by atoms with van der Waals surface area (Å²) in [5.41, 5.74) is 2.36. The van der Waals surface area contributed by atoms with E-state index < -0.39 is 5.97 Å². The number of rotatable bonds is 5. The Morgan fingerprint density at radius 2 is 2.10 bits per heavy atom. The van der Waals surface area contributed by atoms with E-state index in [1.165, 1.54) is 25.8 Å². The van der Waals surface area contributed by atoms with Crippen LogP contribution in [0.3, 0.4) is 0 Å². The van der Waals surface area contributed by atoms with Crippen LogP contribution in [0.4, 0.5) is 0 Å². The number of carboxylic acids is 1. The summed E-state index contributed by atoms with van der Waals surface area (Å²) in [6.07, 6.45) is 5.06. The average Bonchev–Trinajstić information content (AvgIpc) is 2.68. The molecule has 2 rings (SSSR count). The first-order chi connectivity index (χ1) is 9.50. The average molecular weight is 278 g/mol. The molecular formula is C16H26N2O2. The Labute approximate surface area is 121 Å². The first-order valence-electron chi connectivity index (χ1n) is 7.64. The molecule has 4 nitrogen and oxygen atoms in total. The largest absolute Gasteiger partial charge is 0.478 e. The first-order valence-corrected chi connectivity index (χ1v) is 7.64. The van der Waals surface area contributed by atoms with Gasteiger partial charge in [-0.1, -0.05) is 6.42 Å². The maximum atomic E-state index is 11.1. The van der Waals surface area contributed by atoms with Gasteiger partial charge >= 0.3 is 5.97 Å². The minimum atomic E-state index is -0.825. The molecule has 0 bridgehead atoms. The van der Waals surface area contributed by atoms with Crippen LogP contribution in [0.1, 0.15) is 54.4 Å². The molecule has 0 saturated carbocycles. The van der Waals surface area contributed by atoms with Gasteiger partial charge in [-0.15, -0.1) is 0 Å². The fourth-order valence-electron chi connectivity index (χ4n) is 3.28. The maximum Gasteiger partial charge on any atom is 0.337 e. The molecule has 0 radical (unpaired) electrons. The van der Waals surface area contributed by atoms with E-state index in [-0.39, 0.29) is 0 Å². The molecular weight excluding hydrogens is 252 g/mol. The predicted molar refractivity (Wildman–Crippen MR) is 80.4 cm³/mol. The second-order valence-electron chi connectivity index (χ2n) is 5.98. The van der Waals surface area contributed by atoms with Crippen molar-refractivity contribution in [3.8, 4) is 0 Å². The third-order valence-electron chi connectivity index (χ3n) is 4.57. The zero-order valence-corrected chi connectivity index (χ0v) is 12.9. The quantitative estimate of drug-likeness (QED) is 0.900. The van der Waals surface area contributed by atoms with E-state index in [0.29, 0.717) is 11.6 Å². The van der Waals surface area contributed by atoms with Gasteiger partial charge in [-0.05, 0) is 52.6 Å². The minimum absolute atomic E-state index is 0.439. The third-order valence-corrected chi connectivity index (χ3v) is 4.57. The molecule has 0 aromatic carbocycles. The summed E-state index contributed by atoms with van der Waals surface area (Å²) >= 11 is 0. The van der Waals surface area contributed by atoms with Crippen LogP contribution in [-0.2, 0) is 6.54 Å². The van der Waals surface area contributed by atoms with Gasteiger partial charge in [0, 0.05) is 30.5 Å². The summed E-state index contributed by atoms with van der Waals surface area (Å²) in [7, 11) is 0. The van der Waals surface area contributed by atoms with Crippen LogP contribution >= 0.6 is 0 Å². The molecule has 1 aromatic rings. The zero-order valence-electron chi connectivity index (χ0n) is 12.9. The van der Waals surface area contributed by atoms with Gasteiger partial charge in [0.15, 0.2) is 0 Å². The number of likely N-dealkylation sites (tertiary alicyclic amines) is 1. The lowest BCUT2D eigenvalue weighted by Crippen LogP contribution is -2.38. The van der Waals surface area contributed by atoms with Gasteiger partial charge in [-0.25, -0.2) is 4.79 Å². The second-order valence-corrected chi connectivity index (χ2v) is 5.98. The van der Waals surface area contributed by atoms with E-state index in [0.717, 1.165) is 30.9 Å². The Balaban J connectivity index is 1.92. The van der Waals surface area contributed by atoms with Crippen molar-refractivity contribution in [2.24, 2.45) is 0 Å². The van der Waals surface area contributed by atoms with Crippen LogP contribution in [0, 0.1) is 13.8 Å². The molecule has 2 heterocycles. The Hall–Kier alpha value is -1.29. The van der Waals surface area contributed by atoms with E-state index in [2.05, 4.69) is 16.4 Å². The number of hydrogen-bond donors (Lipinski definition) is 1. The molecule has 0 aliphatic carbocycles. The van der Waals surface area contributed by atoms with Crippen molar-refractivity contribution >= 4 is 5.97 Å². The SMILES string of the molecule is Cc1cc(C(=O)O)c(C)n1CCCN1CCCCC1C. The Bertz CT molecular complexity index is 479. The Kier molecular flexibility index (Phi) is 4.86. The molecule has 1 saturated heterocycles. The van der Waals surface area contributed by atoms with E-state index in [9.17, 15) is 4.79 Å². The fourth-order valence-corrected chi connectivity index (χ4v) is 3.28. The lowest BCUT2D eigenvalue weighted by atomic mass is 10.0. The first kappa shape index (κ1) is 15.1. The van der Waals surface area contributed by atoms with Crippen LogP contribution in [-0.4, -0.2) is 39.7 Å². The lowest BCUT2D eigenvalue weighted by Gasteiger charge is -2.33. The molecule has 1 N–H and O–H groups in total. The van der Waals surface area contributed by atoms with Gasteiger partial charge in [-0.3, -0.25) is 0 Å². The van der Waals surface area contributed by atoms with Gasteiger partial charge < -0.3 is 14.6 Å². The summed E-state index contributed by atoms with van der Waals surface area (Å²) in [4.78, 5) is 13.7. The number of hydrogen-bond acceptors (Lipinski definition) is 2. The number of aromatic nitrogens is 1. The third kappa shape index (κ3) is 3.23. The van der Waals surface area contributed by atoms with Crippen LogP contribution in [0.5, 0.6) is 0 Å². The summed E-state index contributed by atoms with van der Waals surface area (Å²) in [5, 5.41) is 9.15. The monoisotopic (exact) mass is 278 g/mol. The van der Waals surface area contributed by atoms with Gasteiger partial charge in [0.2, 0.25) is 0 Å². The number of nitrogens with zero attached hydrogens (tertiary/aromatic N) is 2. The van der Waals surface area contributed by atoms with Crippen molar-refractivity contribution in [1.82, 2.24) is 9.47 Å². The van der Waals surface area contributed by atoms with Crippen molar-refractivity contribution in [2.45, 2.75) is 59.0 Å². The molecule has 1 aromatic heterocycles. The van der Waals surface area contributed by atoms with Crippen LogP contribution < -0.4 is 0 Å². The number of carbonyl (C=O) groups is 1. The van der Waals surface area contributed by atoms with Crippen LogP contribution in [0.2, 0.25) is 0 Å². The Morgan fingerprint density at radius 1 is 1.35 bits per heavy atom. The molecule has 1 fully saturated rings. The molecule has 1 unspecified atom stereocenters. The molecule has 20 heavy (non-hydrogen) atoms. The van der Waals surface area contributed by atoms with Crippen molar-refractivity contribution in [3.05, 3.63) is 23.0 Å². The van der Waals surface area contributed by atoms with Crippen molar-refractivity contribution in [3.63, 3.8) is 0 Å². The lowest BCUT2D eigenvalue weighted by molar-refractivity contribution is 0.0696. The molecule has 1 aliphatic rings. The van der Waals surface area contributed by atoms with Gasteiger partial charge in [0.05, 0.1) is 5.56 Å². The summed E-state index contributed by atoms with van der Waals surface area (Å²) < 4.78 is 2.14. The summed E-state index contributed by atoms with van der Waals surface area (Å²) in [6.45, 7) is 9.44. The van der Waals surface area contributed by atoms with E-state index >= 15 is 0 Å².